The van der Waals surface area contributed by atoms with Gasteiger partial charge in [-0.2, -0.15) is 0 Å². The molecule has 0 heterocycles. The molecule has 0 aromatic carbocycles. The maximum Gasteiger partial charge on any atom is 0.306 e. The Morgan fingerprint density at radius 1 is 0.266 bits per heavy atom. The molecule has 0 amide bonds. The normalized spacial score (nSPS) is 12.8. The van der Waals surface area contributed by atoms with E-state index in [1.807, 2.05) is 0 Å². The highest BCUT2D eigenvalue weighted by atomic mass is 16.6. The van der Waals surface area contributed by atoms with Crippen molar-refractivity contribution in [3.05, 3.63) is 109 Å². The molecule has 6 nitrogen and oxygen atoms in total. The first kappa shape index (κ1) is 75.1. The zero-order valence-electron chi connectivity index (χ0n) is 51.9. The molecular formula is C73H124O6. The van der Waals surface area contributed by atoms with Gasteiger partial charge in [-0.05, 0) is 109 Å². The summed E-state index contributed by atoms with van der Waals surface area (Å²) in [6.45, 7) is 6.49. The SMILES string of the molecule is CC/C=C\C/C=C\C/C=C\C/C=C\C/C=C\C/C=C\CCCCCCCCCCCCCCC(=O)OCC(COC(=O)CCCCCCCCC)OC(=O)CCCCCCCCCC/C=C\C/C=C\C/C=C\CCCCCCC. The number of ether oxygens (including phenoxy) is 3. The van der Waals surface area contributed by atoms with Crippen LogP contribution in [0.15, 0.2) is 109 Å². The minimum atomic E-state index is -0.781. The van der Waals surface area contributed by atoms with Crippen molar-refractivity contribution < 1.29 is 28.6 Å². The highest BCUT2D eigenvalue weighted by molar-refractivity contribution is 5.71. The Balaban J connectivity index is 4.13. The molecule has 1 unspecified atom stereocenters. The Kier molecular flexibility index (Phi) is 63.3. The molecule has 0 saturated heterocycles. The van der Waals surface area contributed by atoms with E-state index in [4.69, 9.17) is 14.2 Å². The minimum Gasteiger partial charge on any atom is -0.462 e. The summed E-state index contributed by atoms with van der Waals surface area (Å²) in [4.78, 5) is 38.1. The maximum absolute atomic E-state index is 12.9. The monoisotopic (exact) mass is 1100 g/mol. The third kappa shape index (κ3) is 64.8. The molecule has 0 aliphatic heterocycles. The topological polar surface area (TPSA) is 78.9 Å². The Morgan fingerprint density at radius 2 is 0.494 bits per heavy atom. The van der Waals surface area contributed by atoms with E-state index in [2.05, 4.69) is 130 Å². The van der Waals surface area contributed by atoms with Gasteiger partial charge >= 0.3 is 17.9 Å². The van der Waals surface area contributed by atoms with Crippen LogP contribution < -0.4 is 0 Å². The second-order valence-corrected chi connectivity index (χ2v) is 22.0. The number of allylic oxidation sites excluding steroid dienone is 18. The molecule has 1 atom stereocenters. The van der Waals surface area contributed by atoms with Crippen LogP contribution in [-0.2, 0) is 28.6 Å². The first-order valence-corrected chi connectivity index (χ1v) is 33.4. The van der Waals surface area contributed by atoms with Gasteiger partial charge in [0, 0.05) is 19.3 Å². The van der Waals surface area contributed by atoms with Crippen molar-refractivity contribution in [3.8, 4) is 0 Å². The molecule has 0 fully saturated rings. The van der Waals surface area contributed by atoms with E-state index in [0.717, 1.165) is 116 Å². The van der Waals surface area contributed by atoms with Crippen molar-refractivity contribution in [2.75, 3.05) is 13.2 Å². The number of unbranched alkanes of at least 4 members (excludes halogenated alkanes) is 31. The summed E-state index contributed by atoms with van der Waals surface area (Å²) in [5, 5.41) is 0. The second kappa shape index (κ2) is 66.6. The fraction of sp³-hybridized carbons (Fsp3) is 0.712. The highest BCUT2D eigenvalue weighted by Gasteiger charge is 2.19. The zero-order valence-corrected chi connectivity index (χ0v) is 51.9. The fourth-order valence-electron chi connectivity index (χ4n) is 9.28. The largest absolute Gasteiger partial charge is 0.462 e. The summed E-state index contributed by atoms with van der Waals surface area (Å²) in [6.07, 6.45) is 91.3. The molecule has 6 heteroatoms. The Bertz CT molecular complexity index is 1590. The molecule has 0 spiro atoms. The smallest absolute Gasteiger partial charge is 0.306 e. The number of rotatable bonds is 60. The number of carbonyl (C=O) groups excluding carboxylic acids is 3. The third-order valence-corrected chi connectivity index (χ3v) is 14.3. The Labute approximate surface area is 489 Å². The second-order valence-electron chi connectivity index (χ2n) is 22.0. The number of hydrogen-bond donors (Lipinski definition) is 0. The summed E-state index contributed by atoms with van der Waals surface area (Å²) in [5.74, 6) is -0.888. The van der Waals surface area contributed by atoms with E-state index < -0.39 is 6.10 Å². The van der Waals surface area contributed by atoms with Gasteiger partial charge in [0.25, 0.3) is 0 Å². The fourth-order valence-corrected chi connectivity index (χ4v) is 9.28. The standard InChI is InChI=1S/C73H124O6/c1-4-7-10-13-16-18-20-22-24-26-28-30-32-33-34-35-36-37-38-39-41-42-44-46-48-50-52-54-57-60-63-66-72(75)78-69-70(68-77-71(74)65-62-59-56-15-12-9-6-3)79-73(76)67-64-61-58-55-53-51-49-47-45-43-40-31-29-27-25-23-21-19-17-14-11-8-5-2/h7,10,16,18,21-24,27-30,33-34,36-37,40,43,70H,4-6,8-9,11-15,17,19-20,25-26,31-32,35,38-39,41-42,44-69H2,1-3H3/b10-7-,18-16-,23-21-,24-22-,29-27-,30-28-,34-33-,37-36-,43-40-. The summed E-state index contributed by atoms with van der Waals surface area (Å²) < 4.78 is 16.9. The summed E-state index contributed by atoms with van der Waals surface area (Å²) in [7, 11) is 0. The van der Waals surface area contributed by atoms with Gasteiger partial charge in [0.15, 0.2) is 6.10 Å². The van der Waals surface area contributed by atoms with E-state index in [-0.39, 0.29) is 31.1 Å². The van der Waals surface area contributed by atoms with Gasteiger partial charge in [-0.15, -0.1) is 0 Å². The first-order valence-electron chi connectivity index (χ1n) is 33.4. The van der Waals surface area contributed by atoms with E-state index in [9.17, 15) is 14.4 Å². The maximum atomic E-state index is 12.9. The van der Waals surface area contributed by atoms with Crippen molar-refractivity contribution in [1.82, 2.24) is 0 Å². The van der Waals surface area contributed by atoms with E-state index in [1.54, 1.807) is 0 Å². The van der Waals surface area contributed by atoms with Gasteiger partial charge in [-0.25, -0.2) is 0 Å². The molecule has 452 valence electrons. The highest BCUT2D eigenvalue weighted by Crippen LogP contribution is 2.16. The lowest BCUT2D eigenvalue weighted by Gasteiger charge is -2.18. The molecule has 0 aromatic heterocycles. The van der Waals surface area contributed by atoms with Crippen LogP contribution in [0, 0.1) is 0 Å². The minimum absolute atomic E-state index is 0.0799. The number of hydrogen-bond acceptors (Lipinski definition) is 6. The Morgan fingerprint density at radius 3 is 0.772 bits per heavy atom. The lowest BCUT2D eigenvalue weighted by atomic mass is 10.0. The average molecular weight is 1100 g/mol. The van der Waals surface area contributed by atoms with Gasteiger partial charge in [0.2, 0.25) is 0 Å². The van der Waals surface area contributed by atoms with Crippen LogP contribution in [0.3, 0.4) is 0 Å². The van der Waals surface area contributed by atoms with Gasteiger partial charge in [0.05, 0.1) is 0 Å². The molecule has 0 radical (unpaired) electrons. The Hall–Kier alpha value is -3.93. The van der Waals surface area contributed by atoms with Crippen LogP contribution in [-0.4, -0.2) is 37.2 Å². The van der Waals surface area contributed by atoms with Gasteiger partial charge in [-0.1, -0.05) is 297 Å². The van der Waals surface area contributed by atoms with Gasteiger partial charge in [0.1, 0.15) is 13.2 Å². The van der Waals surface area contributed by atoms with Crippen LogP contribution in [0.25, 0.3) is 0 Å². The van der Waals surface area contributed by atoms with Crippen molar-refractivity contribution in [2.45, 2.75) is 322 Å². The molecule has 79 heavy (non-hydrogen) atoms. The van der Waals surface area contributed by atoms with Crippen LogP contribution in [0.1, 0.15) is 316 Å². The molecule has 0 aliphatic carbocycles. The summed E-state index contributed by atoms with van der Waals surface area (Å²) in [5.41, 5.74) is 0. The zero-order chi connectivity index (χ0) is 57.1. The predicted octanol–water partition coefficient (Wildman–Crippen LogP) is 23.0. The molecule has 0 N–H and O–H groups in total. The molecular weight excluding hydrogens is 973 g/mol. The van der Waals surface area contributed by atoms with E-state index in [1.165, 1.54) is 161 Å². The van der Waals surface area contributed by atoms with Crippen molar-refractivity contribution in [3.63, 3.8) is 0 Å². The van der Waals surface area contributed by atoms with Crippen LogP contribution in [0.5, 0.6) is 0 Å². The summed E-state index contributed by atoms with van der Waals surface area (Å²) >= 11 is 0. The third-order valence-electron chi connectivity index (χ3n) is 14.3. The lowest BCUT2D eigenvalue weighted by Crippen LogP contribution is -2.30. The molecule has 0 bridgehead atoms. The average Bonchev–Trinajstić information content (AvgIpc) is 3.45. The first-order chi connectivity index (χ1) is 39.0. The van der Waals surface area contributed by atoms with Crippen LogP contribution in [0.2, 0.25) is 0 Å². The van der Waals surface area contributed by atoms with Gasteiger partial charge < -0.3 is 14.2 Å². The molecule has 0 rings (SSSR count). The molecule has 0 aromatic rings. The van der Waals surface area contributed by atoms with Crippen molar-refractivity contribution >= 4 is 17.9 Å². The summed E-state index contributed by atoms with van der Waals surface area (Å²) in [6, 6.07) is 0. The van der Waals surface area contributed by atoms with E-state index in [0.29, 0.717) is 19.3 Å². The quantitative estimate of drug-likeness (QED) is 0.0261. The molecule has 0 saturated carbocycles. The van der Waals surface area contributed by atoms with E-state index >= 15 is 0 Å². The van der Waals surface area contributed by atoms with Crippen LogP contribution >= 0.6 is 0 Å². The van der Waals surface area contributed by atoms with Crippen LogP contribution in [0.4, 0.5) is 0 Å². The van der Waals surface area contributed by atoms with Crippen molar-refractivity contribution in [2.24, 2.45) is 0 Å². The predicted molar refractivity (Wildman–Crippen MR) is 343 cm³/mol. The van der Waals surface area contributed by atoms with Crippen molar-refractivity contribution in [1.29, 1.82) is 0 Å². The number of carbonyl (C=O) groups is 3. The molecule has 0 aliphatic rings. The number of esters is 3. The van der Waals surface area contributed by atoms with Gasteiger partial charge in [-0.3, -0.25) is 14.4 Å². The lowest BCUT2D eigenvalue weighted by molar-refractivity contribution is -0.167.